The molecule has 0 radical (unpaired) electrons. The summed E-state index contributed by atoms with van der Waals surface area (Å²) in [7, 11) is 0. The second kappa shape index (κ2) is 7.56. The number of furan rings is 1. The third-order valence-corrected chi connectivity index (χ3v) is 5.31. The van der Waals surface area contributed by atoms with Crippen LogP contribution in [-0.4, -0.2) is 30.8 Å². The number of aromatic nitrogens is 2. The zero-order valence-corrected chi connectivity index (χ0v) is 16.5. The molecule has 8 heteroatoms. The van der Waals surface area contributed by atoms with Gasteiger partial charge in [0.05, 0.1) is 18.1 Å². The zero-order chi connectivity index (χ0) is 21.4. The number of carbonyl (C=O) groups is 1. The van der Waals surface area contributed by atoms with Gasteiger partial charge in [0.1, 0.15) is 35.2 Å². The van der Waals surface area contributed by atoms with E-state index < -0.39 is 0 Å². The van der Waals surface area contributed by atoms with Crippen molar-refractivity contribution in [2.24, 2.45) is 0 Å². The molecule has 31 heavy (non-hydrogen) atoms. The predicted octanol–water partition coefficient (Wildman–Crippen LogP) is 3.84. The summed E-state index contributed by atoms with van der Waals surface area (Å²) in [5, 5.41) is 28.0. The first-order chi connectivity index (χ1) is 15.1. The van der Waals surface area contributed by atoms with Gasteiger partial charge in [0.25, 0.3) is 5.91 Å². The van der Waals surface area contributed by atoms with Crippen LogP contribution in [0.1, 0.15) is 27.2 Å². The number of benzene rings is 2. The molecule has 0 atom stereocenters. The van der Waals surface area contributed by atoms with Crippen molar-refractivity contribution in [2.75, 3.05) is 5.32 Å². The Morgan fingerprint density at radius 1 is 1.06 bits per heavy atom. The predicted molar refractivity (Wildman–Crippen MR) is 113 cm³/mol. The largest absolute Gasteiger partial charge is 0.508 e. The van der Waals surface area contributed by atoms with Gasteiger partial charge in [-0.3, -0.25) is 4.79 Å². The number of phenolic OH excluding ortho intramolecular Hbond substituents is 2. The number of phenols is 2. The van der Waals surface area contributed by atoms with Crippen molar-refractivity contribution in [2.45, 2.75) is 19.6 Å². The lowest BCUT2D eigenvalue weighted by Crippen LogP contribution is -2.26. The smallest absolute Gasteiger partial charge is 0.260 e. The number of nitrogens with one attached hydrogen (secondary N) is 1. The Labute approximate surface area is 178 Å². The Balaban J connectivity index is 1.46. The molecule has 156 valence electrons. The van der Waals surface area contributed by atoms with E-state index in [9.17, 15) is 15.0 Å². The second-order valence-electron chi connectivity index (χ2n) is 7.40. The Kier molecular flexibility index (Phi) is 4.59. The number of amides is 1. The van der Waals surface area contributed by atoms with E-state index in [1.54, 1.807) is 34.2 Å². The van der Waals surface area contributed by atoms with Gasteiger partial charge >= 0.3 is 0 Å². The highest BCUT2D eigenvalue weighted by Crippen LogP contribution is 2.36. The van der Waals surface area contributed by atoms with Gasteiger partial charge in [-0.1, -0.05) is 24.3 Å². The third-order valence-electron chi connectivity index (χ3n) is 5.31. The van der Waals surface area contributed by atoms with E-state index in [2.05, 4.69) is 10.4 Å². The lowest BCUT2D eigenvalue weighted by atomic mass is 10.1. The summed E-state index contributed by atoms with van der Waals surface area (Å²) in [6.45, 7) is 1.31. The van der Waals surface area contributed by atoms with Gasteiger partial charge in [0.2, 0.25) is 0 Å². The van der Waals surface area contributed by atoms with E-state index in [0.29, 0.717) is 31.1 Å². The van der Waals surface area contributed by atoms with Crippen LogP contribution in [-0.2, 0) is 19.6 Å². The van der Waals surface area contributed by atoms with E-state index in [0.717, 1.165) is 16.9 Å². The maximum Gasteiger partial charge on any atom is 0.260 e. The molecule has 0 saturated carbocycles. The number of anilines is 2. The van der Waals surface area contributed by atoms with Gasteiger partial charge in [-0.05, 0) is 23.3 Å². The van der Waals surface area contributed by atoms with Gasteiger partial charge in [0, 0.05) is 31.3 Å². The van der Waals surface area contributed by atoms with Gasteiger partial charge in [-0.2, -0.15) is 5.10 Å². The first kappa shape index (κ1) is 18.8. The molecule has 2 aromatic heterocycles. The maximum absolute atomic E-state index is 13.3. The van der Waals surface area contributed by atoms with Crippen LogP contribution >= 0.6 is 0 Å². The van der Waals surface area contributed by atoms with Crippen LogP contribution in [0, 0.1) is 0 Å². The van der Waals surface area contributed by atoms with Crippen LogP contribution in [0.3, 0.4) is 0 Å². The summed E-state index contributed by atoms with van der Waals surface area (Å²) in [4.78, 5) is 15.0. The summed E-state index contributed by atoms with van der Waals surface area (Å²) in [5.74, 6) is 0.531. The quantitative estimate of drug-likeness (QED) is 0.457. The van der Waals surface area contributed by atoms with E-state index in [4.69, 9.17) is 4.42 Å². The van der Waals surface area contributed by atoms with Crippen molar-refractivity contribution in [3.05, 3.63) is 89.5 Å². The molecule has 3 heterocycles. The summed E-state index contributed by atoms with van der Waals surface area (Å²) >= 11 is 0. The standard InChI is InChI=1S/C23H20N4O4/c28-17-10-19(25-21-7-8-24-27(21)14-18-6-3-9-31-18)22(20(29)11-17)23(30)26-12-15-4-1-2-5-16(15)13-26/h1-11,25,28-29H,12-14H2. The summed E-state index contributed by atoms with van der Waals surface area (Å²) < 4.78 is 7.05. The molecule has 1 amide bonds. The summed E-state index contributed by atoms with van der Waals surface area (Å²) in [5.41, 5.74) is 2.55. The maximum atomic E-state index is 13.3. The van der Waals surface area contributed by atoms with Crippen molar-refractivity contribution in [3.63, 3.8) is 0 Å². The molecular formula is C23H20N4O4. The first-order valence-corrected chi connectivity index (χ1v) is 9.82. The topological polar surface area (TPSA) is 104 Å². The molecule has 0 aliphatic carbocycles. The number of carbonyl (C=O) groups excluding carboxylic acids is 1. The molecule has 1 aliphatic heterocycles. The molecule has 0 spiro atoms. The summed E-state index contributed by atoms with van der Waals surface area (Å²) in [6, 6.07) is 15.8. The highest BCUT2D eigenvalue weighted by molar-refractivity contribution is 6.03. The van der Waals surface area contributed by atoms with Gasteiger partial charge in [0.15, 0.2) is 0 Å². The van der Waals surface area contributed by atoms with Gasteiger partial charge in [-0.25, -0.2) is 4.68 Å². The third kappa shape index (κ3) is 3.59. The average molecular weight is 416 g/mol. The number of hydrogen-bond acceptors (Lipinski definition) is 6. The molecule has 2 aromatic carbocycles. The van der Waals surface area contributed by atoms with Gasteiger partial charge in [-0.15, -0.1) is 0 Å². The summed E-state index contributed by atoms with van der Waals surface area (Å²) in [6.07, 6.45) is 3.20. The normalized spacial score (nSPS) is 12.7. The monoisotopic (exact) mass is 416 g/mol. The number of rotatable bonds is 5. The molecule has 1 aliphatic rings. The van der Waals surface area contributed by atoms with Crippen molar-refractivity contribution in [1.82, 2.24) is 14.7 Å². The van der Waals surface area contributed by atoms with E-state index in [1.807, 2.05) is 30.3 Å². The van der Waals surface area contributed by atoms with E-state index in [-0.39, 0.29) is 23.0 Å². The number of hydrogen-bond donors (Lipinski definition) is 3. The van der Waals surface area contributed by atoms with Crippen molar-refractivity contribution >= 4 is 17.4 Å². The molecule has 5 rings (SSSR count). The minimum Gasteiger partial charge on any atom is -0.508 e. The lowest BCUT2D eigenvalue weighted by Gasteiger charge is -2.20. The molecule has 3 N–H and O–H groups in total. The van der Waals surface area contributed by atoms with Gasteiger partial charge < -0.3 is 24.8 Å². The van der Waals surface area contributed by atoms with Crippen LogP contribution in [0.2, 0.25) is 0 Å². The zero-order valence-electron chi connectivity index (χ0n) is 16.5. The average Bonchev–Trinajstić information content (AvgIpc) is 3.49. The fourth-order valence-corrected chi connectivity index (χ4v) is 3.82. The highest BCUT2D eigenvalue weighted by atomic mass is 16.3. The number of fused-ring (bicyclic) bond motifs is 1. The Bertz CT molecular complexity index is 1220. The first-order valence-electron chi connectivity index (χ1n) is 9.82. The van der Waals surface area contributed by atoms with Crippen LogP contribution < -0.4 is 5.32 Å². The molecule has 0 bridgehead atoms. The molecule has 0 saturated heterocycles. The van der Waals surface area contributed by atoms with Crippen molar-refractivity contribution < 1.29 is 19.4 Å². The fraction of sp³-hybridized carbons (Fsp3) is 0.130. The van der Waals surface area contributed by atoms with Crippen molar-refractivity contribution in [1.29, 1.82) is 0 Å². The Hall–Kier alpha value is -4.20. The Morgan fingerprint density at radius 2 is 1.84 bits per heavy atom. The van der Waals surface area contributed by atoms with Crippen LogP contribution in [0.5, 0.6) is 11.5 Å². The van der Waals surface area contributed by atoms with Crippen molar-refractivity contribution in [3.8, 4) is 11.5 Å². The number of nitrogens with zero attached hydrogens (tertiary/aromatic N) is 3. The van der Waals surface area contributed by atoms with E-state index >= 15 is 0 Å². The lowest BCUT2D eigenvalue weighted by molar-refractivity contribution is 0.0749. The minimum atomic E-state index is -0.326. The Morgan fingerprint density at radius 3 is 2.55 bits per heavy atom. The van der Waals surface area contributed by atoms with Crippen LogP contribution in [0.4, 0.5) is 11.5 Å². The molecular weight excluding hydrogens is 396 g/mol. The number of aromatic hydroxyl groups is 2. The van der Waals surface area contributed by atoms with E-state index in [1.165, 1.54) is 12.1 Å². The van der Waals surface area contributed by atoms with Crippen LogP contribution in [0.25, 0.3) is 0 Å². The SMILES string of the molecule is O=C(c1c(O)cc(O)cc1Nc1ccnn1Cc1ccco1)N1Cc2ccccc2C1. The fourth-order valence-electron chi connectivity index (χ4n) is 3.82. The van der Waals surface area contributed by atoms with Crippen LogP contribution in [0.15, 0.2) is 71.5 Å². The second-order valence-corrected chi connectivity index (χ2v) is 7.40. The molecule has 8 nitrogen and oxygen atoms in total. The molecule has 4 aromatic rings. The molecule has 0 unspecified atom stereocenters. The minimum absolute atomic E-state index is 0.0938. The highest BCUT2D eigenvalue weighted by Gasteiger charge is 2.28. The molecule has 0 fully saturated rings.